The van der Waals surface area contributed by atoms with Crippen LogP contribution in [0.2, 0.25) is 0 Å². The van der Waals surface area contributed by atoms with E-state index in [0.29, 0.717) is 6.04 Å². The summed E-state index contributed by atoms with van der Waals surface area (Å²) in [5.74, 6) is 1.65. The fraction of sp³-hybridized carbons (Fsp3) is 1.00. The van der Waals surface area contributed by atoms with E-state index in [9.17, 15) is 5.11 Å². The maximum Gasteiger partial charge on any atom is 0.0667 e. The zero-order chi connectivity index (χ0) is 12.3. The first-order chi connectivity index (χ1) is 8.19. The number of β-amino-alcohol motifs (C(OH)–C–C–N with tert-alkyl or cyclic N) is 1. The van der Waals surface area contributed by atoms with Crippen molar-refractivity contribution in [1.29, 1.82) is 0 Å². The quantitative estimate of drug-likeness (QED) is 0.784. The Hall–Kier alpha value is -0.120. The topological polar surface area (TPSA) is 35.5 Å². The van der Waals surface area contributed by atoms with Gasteiger partial charge in [0.15, 0.2) is 0 Å². The molecule has 0 aromatic rings. The third-order valence-electron chi connectivity index (χ3n) is 4.59. The maximum absolute atomic E-state index is 9.73. The second kappa shape index (κ2) is 6.17. The second-order valence-corrected chi connectivity index (χ2v) is 6.13. The fourth-order valence-electron chi connectivity index (χ4n) is 3.61. The Morgan fingerprint density at radius 1 is 1.29 bits per heavy atom. The normalized spacial score (nSPS) is 40.4. The molecule has 2 fully saturated rings. The summed E-state index contributed by atoms with van der Waals surface area (Å²) in [5, 5.41) is 13.2. The third-order valence-corrected chi connectivity index (χ3v) is 4.59. The minimum atomic E-state index is -0.0854. The van der Waals surface area contributed by atoms with Gasteiger partial charge in [-0.05, 0) is 57.5 Å². The molecule has 2 aliphatic rings. The number of aliphatic hydroxyl groups is 1. The predicted molar refractivity (Wildman–Crippen MR) is 71.0 cm³/mol. The number of hydrogen-bond acceptors (Lipinski definition) is 3. The van der Waals surface area contributed by atoms with Crippen molar-refractivity contribution in [3.63, 3.8) is 0 Å². The molecule has 100 valence electrons. The Bertz CT molecular complexity index is 234. The number of aliphatic hydroxyl groups excluding tert-OH is 1. The molecule has 1 saturated carbocycles. The highest BCUT2D eigenvalue weighted by Gasteiger charge is 2.30. The molecule has 3 heteroatoms. The van der Waals surface area contributed by atoms with E-state index in [1.807, 2.05) is 0 Å². The van der Waals surface area contributed by atoms with Crippen LogP contribution in [0.5, 0.6) is 0 Å². The van der Waals surface area contributed by atoms with Gasteiger partial charge in [-0.1, -0.05) is 6.92 Å². The van der Waals surface area contributed by atoms with Crippen LogP contribution < -0.4 is 5.32 Å². The smallest absolute Gasteiger partial charge is 0.0667 e. The summed E-state index contributed by atoms with van der Waals surface area (Å²) in [7, 11) is 2.10. The highest BCUT2D eigenvalue weighted by molar-refractivity contribution is 4.86. The maximum atomic E-state index is 9.73. The van der Waals surface area contributed by atoms with Crippen molar-refractivity contribution in [3.8, 4) is 0 Å². The van der Waals surface area contributed by atoms with Gasteiger partial charge in [0.25, 0.3) is 0 Å². The highest BCUT2D eigenvalue weighted by atomic mass is 16.3. The molecule has 4 unspecified atom stereocenters. The number of rotatable bonds is 3. The van der Waals surface area contributed by atoms with Gasteiger partial charge in [-0.25, -0.2) is 0 Å². The molecule has 1 saturated heterocycles. The Morgan fingerprint density at radius 3 is 2.82 bits per heavy atom. The molecule has 2 rings (SSSR count). The molecular formula is C14H28N2O. The number of piperidine rings is 1. The number of nitrogens with one attached hydrogen (secondary N) is 1. The first kappa shape index (κ1) is 13.3. The molecule has 2 N–H and O–H groups in total. The van der Waals surface area contributed by atoms with E-state index in [1.54, 1.807) is 0 Å². The highest BCUT2D eigenvalue weighted by Crippen LogP contribution is 2.30. The molecular weight excluding hydrogens is 212 g/mol. The zero-order valence-electron chi connectivity index (χ0n) is 11.4. The monoisotopic (exact) mass is 240 g/mol. The van der Waals surface area contributed by atoms with Crippen LogP contribution in [-0.2, 0) is 0 Å². The zero-order valence-corrected chi connectivity index (χ0v) is 11.4. The van der Waals surface area contributed by atoms with Crippen LogP contribution in [0, 0.1) is 11.8 Å². The average Bonchev–Trinajstić information content (AvgIpc) is 2.29. The summed E-state index contributed by atoms with van der Waals surface area (Å²) >= 11 is 0. The number of nitrogens with zero attached hydrogens (tertiary/aromatic N) is 1. The van der Waals surface area contributed by atoms with E-state index in [-0.39, 0.29) is 6.10 Å². The van der Waals surface area contributed by atoms with E-state index in [4.69, 9.17) is 0 Å². The first-order valence-electron chi connectivity index (χ1n) is 7.26. The minimum absolute atomic E-state index is 0.0854. The molecule has 0 radical (unpaired) electrons. The van der Waals surface area contributed by atoms with Crippen LogP contribution in [0.3, 0.4) is 0 Å². The van der Waals surface area contributed by atoms with Gasteiger partial charge in [0.2, 0.25) is 0 Å². The van der Waals surface area contributed by atoms with Crippen LogP contribution in [-0.4, -0.2) is 48.8 Å². The number of likely N-dealkylation sites (tertiary alicyclic amines) is 1. The molecule has 4 atom stereocenters. The molecule has 1 aliphatic heterocycles. The Morgan fingerprint density at radius 2 is 2.12 bits per heavy atom. The van der Waals surface area contributed by atoms with Crippen molar-refractivity contribution in [2.75, 3.05) is 26.7 Å². The van der Waals surface area contributed by atoms with Gasteiger partial charge in [-0.15, -0.1) is 0 Å². The van der Waals surface area contributed by atoms with Crippen LogP contribution in [0.15, 0.2) is 0 Å². The summed E-state index contributed by atoms with van der Waals surface area (Å²) in [6.45, 7) is 5.62. The fourth-order valence-corrected chi connectivity index (χ4v) is 3.61. The van der Waals surface area contributed by atoms with E-state index < -0.39 is 0 Å². The summed E-state index contributed by atoms with van der Waals surface area (Å²) in [6.07, 6.45) is 6.10. The van der Waals surface area contributed by atoms with Crippen LogP contribution >= 0.6 is 0 Å². The third kappa shape index (κ3) is 3.67. The summed E-state index contributed by atoms with van der Waals surface area (Å²) in [4.78, 5) is 2.47. The lowest BCUT2D eigenvalue weighted by Gasteiger charge is -2.39. The van der Waals surface area contributed by atoms with Gasteiger partial charge in [0, 0.05) is 19.1 Å². The minimum Gasteiger partial charge on any atom is -0.392 e. The van der Waals surface area contributed by atoms with Crippen molar-refractivity contribution in [2.24, 2.45) is 11.8 Å². The van der Waals surface area contributed by atoms with Crippen LogP contribution in [0.1, 0.15) is 39.0 Å². The molecule has 1 aliphatic carbocycles. The average molecular weight is 240 g/mol. The van der Waals surface area contributed by atoms with Crippen molar-refractivity contribution >= 4 is 0 Å². The largest absolute Gasteiger partial charge is 0.392 e. The first-order valence-corrected chi connectivity index (χ1v) is 7.26. The molecule has 0 spiro atoms. The van der Waals surface area contributed by atoms with Crippen molar-refractivity contribution in [1.82, 2.24) is 10.2 Å². The molecule has 1 heterocycles. The Balaban J connectivity index is 1.86. The summed E-state index contributed by atoms with van der Waals surface area (Å²) in [6, 6.07) is 0.685. The van der Waals surface area contributed by atoms with Gasteiger partial charge in [0.1, 0.15) is 0 Å². The molecule has 17 heavy (non-hydrogen) atoms. The van der Waals surface area contributed by atoms with Gasteiger partial charge in [0.05, 0.1) is 6.10 Å². The second-order valence-electron chi connectivity index (χ2n) is 6.13. The Labute approximate surface area is 106 Å². The lowest BCUT2D eigenvalue weighted by atomic mass is 9.78. The summed E-state index contributed by atoms with van der Waals surface area (Å²) in [5.41, 5.74) is 0. The molecule has 3 nitrogen and oxygen atoms in total. The van der Waals surface area contributed by atoms with Gasteiger partial charge < -0.3 is 15.3 Å². The molecule has 0 aromatic heterocycles. The van der Waals surface area contributed by atoms with Gasteiger partial charge in [-0.2, -0.15) is 0 Å². The predicted octanol–water partition coefficient (Wildman–Crippen LogP) is 1.47. The molecule has 0 bridgehead atoms. The van der Waals surface area contributed by atoms with Crippen LogP contribution in [0.4, 0.5) is 0 Å². The standard InChI is InChI=1S/C14H28N2O/c1-11-5-6-14(15-2)12(8-11)9-16-7-3-4-13(17)10-16/h11-15,17H,3-10H2,1-2H3. The van der Waals surface area contributed by atoms with Crippen LogP contribution in [0.25, 0.3) is 0 Å². The van der Waals surface area contributed by atoms with Crippen molar-refractivity contribution < 1.29 is 5.11 Å². The van der Waals surface area contributed by atoms with Crippen molar-refractivity contribution in [2.45, 2.75) is 51.2 Å². The summed E-state index contributed by atoms with van der Waals surface area (Å²) < 4.78 is 0. The van der Waals surface area contributed by atoms with E-state index in [2.05, 4.69) is 24.2 Å². The Kier molecular flexibility index (Phi) is 4.83. The van der Waals surface area contributed by atoms with Gasteiger partial charge in [-0.3, -0.25) is 0 Å². The molecule has 0 aromatic carbocycles. The van der Waals surface area contributed by atoms with E-state index in [0.717, 1.165) is 31.2 Å². The SMILES string of the molecule is CNC1CCC(C)CC1CN1CCCC(O)C1. The van der Waals surface area contributed by atoms with Crippen molar-refractivity contribution in [3.05, 3.63) is 0 Å². The number of hydrogen-bond donors (Lipinski definition) is 2. The van der Waals surface area contributed by atoms with E-state index >= 15 is 0 Å². The lowest BCUT2D eigenvalue weighted by molar-refractivity contribution is 0.0502. The molecule has 0 amide bonds. The lowest BCUT2D eigenvalue weighted by Crippen LogP contribution is -2.47. The van der Waals surface area contributed by atoms with E-state index in [1.165, 1.54) is 32.4 Å². The van der Waals surface area contributed by atoms with Gasteiger partial charge >= 0.3 is 0 Å².